The van der Waals surface area contributed by atoms with E-state index in [0.29, 0.717) is 45.7 Å². The first-order valence-electron chi connectivity index (χ1n) is 18.0. The van der Waals surface area contributed by atoms with Crippen LogP contribution in [0.1, 0.15) is 137 Å². The van der Waals surface area contributed by atoms with Gasteiger partial charge in [0.1, 0.15) is 6.10 Å². The lowest BCUT2D eigenvalue weighted by Gasteiger charge is -2.19. The lowest BCUT2D eigenvalue weighted by atomic mass is 10.1. The van der Waals surface area contributed by atoms with Crippen LogP contribution in [0.5, 0.6) is 0 Å². The summed E-state index contributed by atoms with van der Waals surface area (Å²) in [7, 11) is 0. The van der Waals surface area contributed by atoms with Gasteiger partial charge in [0.05, 0.1) is 19.6 Å². The van der Waals surface area contributed by atoms with Crippen molar-refractivity contribution in [2.45, 2.75) is 149 Å². The van der Waals surface area contributed by atoms with E-state index in [1.54, 1.807) is 0 Å². The first-order chi connectivity index (χ1) is 22.0. The second kappa shape index (κ2) is 33.5. The zero-order chi connectivity index (χ0) is 33.2. The van der Waals surface area contributed by atoms with Gasteiger partial charge in [-0.2, -0.15) is 0 Å². The second-order valence-electron chi connectivity index (χ2n) is 11.4. The molecular weight excluding hydrogens is 570 g/mol. The van der Waals surface area contributed by atoms with Gasteiger partial charge >= 0.3 is 12.1 Å². The molecule has 0 spiro atoms. The van der Waals surface area contributed by atoms with Crippen molar-refractivity contribution >= 4 is 12.1 Å². The van der Waals surface area contributed by atoms with Crippen LogP contribution in [0.2, 0.25) is 0 Å². The Kier molecular flexibility index (Phi) is 32.1. The number of carbonyl (C=O) groups is 2. The van der Waals surface area contributed by atoms with Crippen molar-refractivity contribution in [2.24, 2.45) is 0 Å². The molecule has 0 aromatic heterocycles. The third kappa shape index (κ3) is 29.3. The Morgan fingerprint density at radius 1 is 0.667 bits per heavy atom. The fraction of sp³-hybridized carbons (Fsp3) is 0.811. The predicted octanol–water partition coefficient (Wildman–Crippen LogP) is 9.37. The number of carbonyl (C=O) groups excluding carboxylic acids is 2. The highest BCUT2D eigenvalue weighted by Gasteiger charge is 2.16. The van der Waals surface area contributed by atoms with Crippen LogP contribution in [0, 0.1) is 6.92 Å². The summed E-state index contributed by atoms with van der Waals surface area (Å²) in [5.41, 5.74) is 0. The molecule has 1 atom stereocenters. The molecule has 0 saturated heterocycles. The summed E-state index contributed by atoms with van der Waals surface area (Å²) in [6, 6.07) is 0. The number of hydrogen-bond acceptors (Lipinski definition) is 8. The number of esters is 1. The SMILES string of the molecule is [CH2]CCCC(CCCCOC(=O)CCC(OCCCC/C=C\CC)OCCCC/C=C\CC)OC(=O)OCCCN(CC)CC. The number of hydrogen-bond donors (Lipinski definition) is 0. The molecule has 45 heavy (non-hydrogen) atoms. The van der Waals surface area contributed by atoms with E-state index in [4.69, 9.17) is 23.7 Å². The van der Waals surface area contributed by atoms with Gasteiger partial charge in [0.15, 0.2) is 6.29 Å². The van der Waals surface area contributed by atoms with Crippen molar-refractivity contribution in [3.63, 3.8) is 0 Å². The number of allylic oxidation sites excluding steroid dienone is 4. The van der Waals surface area contributed by atoms with Crippen molar-refractivity contribution in [1.82, 2.24) is 4.90 Å². The molecule has 0 aromatic rings. The molecule has 0 aliphatic carbocycles. The maximum atomic E-state index is 12.4. The molecule has 0 amide bonds. The molecule has 8 heteroatoms. The summed E-state index contributed by atoms with van der Waals surface area (Å²) in [5, 5.41) is 0. The van der Waals surface area contributed by atoms with Crippen LogP contribution in [-0.2, 0) is 28.5 Å². The van der Waals surface area contributed by atoms with E-state index in [1.807, 2.05) is 0 Å². The Balaban J connectivity index is 4.37. The Hall–Kier alpha value is -1.90. The highest BCUT2D eigenvalue weighted by atomic mass is 16.7. The Morgan fingerprint density at radius 3 is 1.82 bits per heavy atom. The van der Waals surface area contributed by atoms with Crippen molar-refractivity contribution in [1.29, 1.82) is 0 Å². The average Bonchev–Trinajstić information content (AvgIpc) is 3.04. The number of nitrogens with zero attached hydrogens (tertiary/aromatic N) is 1. The van der Waals surface area contributed by atoms with Gasteiger partial charge in [0.25, 0.3) is 0 Å². The summed E-state index contributed by atoms with van der Waals surface area (Å²) in [5.74, 6) is -0.236. The third-order valence-electron chi connectivity index (χ3n) is 7.48. The van der Waals surface area contributed by atoms with Crippen molar-refractivity contribution in [2.75, 3.05) is 46.1 Å². The van der Waals surface area contributed by atoms with E-state index in [1.165, 1.54) is 0 Å². The summed E-state index contributed by atoms with van der Waals surface area (Å²) < 4.78 is 28.4. The summed E-state index contributed by atoms with van der Waals surface area (Å²) in [6.07, 6.45) is 22.1. The lowest BCUT2D eigenvalue weighted by molar-refractivity contribution is -0.159. The van der Waals surface area contributed by atoms with E-state index in [-0.39, 0.29) is 18.5 Å². The van der Waals surface area contributed by atoms with Crippen molar-refractivity contribution < 1.29 is 33.3 Å². The molecule has 0 aliphatic rings. The Bertz CT molecular complexity index is 700. The van der Waals surface area contributed by atoms with Gasteiger partial charge in [-0.1, -0.05) is 65.3 Å². The molecule has 0 fully saturated rings. The number of ether oxygens (including phenoxy) is 5. The van der Waals surface area contributed by atoms with Crippen LogP contribution in [-0.4, -0.2) is 75.5 Å². The molecule has 0 N–H and O–H groups in total. The molecule has 263 valence electrons. The summed E-state index contributed by atoms with van der Waals surface area (Å²) in [6.45, 7) is 17.3. The van der Waals surface area contributed by atoms with Crippen molar-refractivity contribution in [3.8, 4) is 0 Å². The molecule has 0 aromatic carbocycles. The first-order valence-corrected chi connectivity index (χ1v) is 18.0. The fourth-order valence-electron chi connectivity index (χ4n) is 4.70. The average molecular weight is 639 g/mol. The maximum Gasteiger partial charge on any atom is 0.508 e. The van der Waals surface area contributed by atoms with Gasteiger partial charge in [-0.25, -0.2) is 4.79 Å². The normalized spacial score (nSPS) is 12.5. The summed E-state index contributed by atoms with van der Waals surface area (Å²) in [4.78, 5) is 27.0. The Labute approximate surface area is 276 Å². The second-order valence-corrected chi connectivity index (χ2v) is 11.4. The van der Waals surface area contributed by atoms with E-state index in [2.05, 4.69) is 63.8 Å². The van der Waals surface area contributed by atoms with Crippen LogP contribution in [0.25, 0.3) is 0 Å². The van der Waals surface area contributed by atoms with Crippen molar-refractivity contribution in [3.05, 3.63) is 31.2 Å². The molecule has 0 saturated carbocycles. The zero-order valence-corrected chi connectivity index (χ0v) is 29.4. The lowest BCUT2D eigenvalue weighted by Crippen LogP contribution is -2.25. The standard InChI is InChI=1S/C37H68NO7/c1-6-11-14-16-18-21-31-42-36(43-32-22-19-17-15-12-7-2)28-27-35(39)41-30-23-20-26-34(25-13-8-3)45-37(40)44-33-24-29-38(9-4)10-5/h11-12,14-15,34,36H,3,6-10,13,16-33H2,1-2,4-5H3/b14-11-,15-12-. The van der Waals surface area contributed by atoms with Crippen LogP contribution >= 0.6 is 0 Å². The van der Waals surface area contributed by atoms with Crippen LogP contribution in [0.15, 0.2) is 24.3 Å². The fourth-order valence-corrected chi connectivity index (χ4v) is 4.70. The van der Waals surface area contributed by atoms with Gasteiger partial charge in [-0.3, -0.25) is 4.79 Å². The van der Waals surface area contributed by atoms with Crippen LogP contribution in [0.4, 0.5) is 4.79 Å². The summed E-state index contributed by atoms with van der Waals surface area (Å²) >= 11 is 0. The predicted molar refractivity (Wildman–Crippen MR) is 184 cm³/mol. The molecule has 8 nitrogen and oxygen atoms in total. The first kappa shape index (κ1) is 43.1. The highest BCUT2D eigenvalue weighted by molar-refractivity contribution is 5.69. The number of rotatable bonds is 32. The minimum Gasteiger partial charge on any atom is -0.466 e. The molecule has 0 aliphatic heterocycles. The topological polar surface area (TPSA) is 83.5 Å². The van der Waals surface area contributed by atoms with Gasteiger partial charge in [-0.05, 0) is 103 Å². The molecule has 1 radical (unpaired) electrons. The van der Waals surface area contributed by atoms with Crippen LogP contribution < -0.4 is 0 Å². The maximum absolute atomic E-state index is 12.4. The molecular formula is C37H68NO7. The monoisotopic (exact) mass is 638 g/mol. The van der Waals surface area contributed by atoms with E-state index < -0.39 is 12.4 Å². The smallest absolute Gasteiger partial charge is 0.466 e. The largest absolute Gasteiger partial charge is 0.508 e. The van der Waals surface area contributed by atoms with Gasteiger partial charge in [0, 0.05) is 26.2 Å². The minimum absolute atomic E-state index is 0.210. The molecule has 0 bridgehead atoms. The Morgan fingerprint density at radius 2 is 1.24 bits per heavy atom. The van der Waals surface area contributed by atoms with E-state index >= 15 is 0 Å². The minimum atomic E-state index is -0.601. The van der Waals surface area contributed by atoms with Gasteiger partial charge in [-0.15, -0.1) is 0 Å². The number of unbranched alkanes of at least 4 members (excludes halogenated alkanes) is 6. The van der Waals surface area contributed by atoms with E-state index in [0.717, 1.165) is 103 Å². The quantitative estimate of drug-likeness (QED) is 0.0312. The molecule has 1 unspecified atom stereocenters. The zero-order valence-electron chi connectivity index (χ0n) is 29.4. The van der Waals surface area contributed by atoms with Gasteiger partial charge in [0.2, 0.25) is 0 Å². The van der Waals surface area contributed by atoms with Gasteiger partial charge < -0.3 is 28.6 Å². The third-order valence-corrected chi connectivity index (χ3v) is 7.48. The van der Waals surface area contributed by atoms with E-state index in [9.17, 15) is 9.59 Å². The molecule has 0 rings (SSSR count). The highest BCUT2D eigenvalue weighted by Crippen LogP contribution is 2.15. The van der Waals surface area contributed by atoms with Crippen LogP contribution in [0.3, 0.4) is 0 Å². The molecule has 0 heterocycles.